The fourth-order valence-electron chi connectivity index (χ4n) is 2.49. The number of nitrogens with one attached hydrogen (secondary N) is 1. The van der Waals surface area contributed by atoms with Gasteiger partial charge in [0, 0.05) is 37.4 Å². The van der Waals surface area contributed by atoms with E-state index in [0.29, 0.717) is 0 Å². The lowest BCUT2D eigenvalue weighted by Crippen LogP contribution is -2.08. The topological polar surface area (TPSA) is 27.6 Å². The lowest BCUT2D eigenvalue weighted by Gasteiger charge is -2.13. The summed E-state index contributed by atoms with van der Waals surface area (Å²) in [5, 5.41) is 3.40. The van der Waals surface area contributed by atoms with Crippen molar-refractivity contribution >= 4 is 35.0 Å². The highest BCUT2D eigenvalue weighted by molar-refractivity contribution is 5.80. The van der Waals surface area contributed by atoms with E-state index in [1.165, 1.54) is 11.3 Å². The van der Waals surface area contributed by atoms with Crippen LogP contribution in [0.2, 0.25) is 0 Å². The van der Waals surface area contributed by atoms with Gasteiger partial charge in [-0.2, -0.15) is 0 Å². The van der Waals surface area contributed by atoms with Gasteiger partial charge in [-0.05, 0) is 60.2 Å². The van der Waals surface area contributed by atoms with Crippen molar-refractivity contribution in [1.29, 1.82) is 0 Å². The third-order valence-electron chi connectivity index (χ3n) is 3.94. The number of benzene rings is 3. The van der Waals surface area contributed by atoms with Gasteiger partial charge in [0.25, 0.3) is 0 Å². The summed E-state index contributed by atoms with van der Waals surface area (Å²) in [7, 11) is 4.08. The molecule has 26 heavy (non-hydrogen) atoms. The van der Waals surface area contributed by atoms with E-state index in [4.69, 9.17) is 0 Å². The molecular formula is C23H23N3. The molecule has 3 nitrogen and oxygen atoms in total. The molecule has 0 aliphatic rings. The SMILES string of the molecule is CN(C)c1ccc(Nc2ccc(N=C/C=C\c3ccccc3)cc2)cc1. The maximum absolute atomic E-state index is 4.46. The first-order valence-electron chi connectivity index (χ1n) is 8.61. The van der Waals surface area contributed by atoms with Crippen molar-refractivity contribution in [3.8, 4) is 0 Å². The van der Waals surface area contributed by atoms with Crippen molar-refractivity contribution in [2.45, 2.75) is 0 Å². The molecule has 130 valence electrons. The van der Waals surface area contributed by atoms with Gasteiger partial charge in [-0.15, -0.1) is 0 Å². The molecule has 0 bridgehead atoms. The first kappa shape index (κ1) is 17.5. The normalized spacial score (nSPS) is 11.2. The fraction of sp³-hybridized carbons (Fsp3) is 0.0870. The van der Waals surface area contributed by atoms with E-state index in [1.54, 1.807) is 0 Å². The van der Waals surface area contributed by atoms with E-state index in [-0.39, 0.29) is 0 Å². The van der Waals surface area contributed by atoms with Crippen LogP contribution < -0.4 is 10.2 Å². The third-order valence-corrected chi connectivity index (χ3v) is 3.94. The molecule has 0 atom stereocenters. The Morgan fingerprint density at radius 2 is 1.38 bits per heavy atom. The van der Waals surface area contributed by atoms with Crippen LogP contribution in [0.4, 0.5) is 22.7 Å². The predicted octanol–water partition coefficient (Wildman–Crippen LogP) is 5.91. The summed E-state index contributed by atoms with van der Waals surface area (Å²) in [6, 6.07) is 26.6. The van der Waals surface area contributed by atoms with Crippen molar-refractivity contribution in [1.82, 2.24) is 0 Å². The molecule has 0 unspecified atom stereocenters. The molecule has 0 saturated heterocycles. The Labute approximate surface area is 155 Å². The Morgan fingerprint density at radius 3 is 2.00 bits per heavy atom. The summed E-state index contributed by atoms with van der Waals surface area (Å²) >= 11 is 0. The van der Waals surface area contributed by atoms with Gasteiger partial charge >= 0.3 is 0 Å². The minimum absolute atomic E-state index is 0.927. The second kappa shape index (κ2) is 8.67. The molecule has 3 rings (SSSR count). The molecular weight excluding hydrogens is 318 g/mol. The first-order chi connectivity index (χ1) is 12.7. The molecule has 3 aromatic carbocycles. The lowest BCUT2D eigenvalue weighted by atomic mass is 10.2. The standard InChI is InChI=1S/C23H23N3/c1-26(2)23-16-14-22(15-17-23)25-21-12-10-20(11-13-21)24-18-6-9-19-7-4-3-5-8-19/h3-18,25H,1-2H3/b9-6-,24-18?. The van der Waals surface area contributed by atoms with Gasteiger partial charge in [0.15, 0.2) is 0 Å². The quantitative estimate of drug-likeness (QED) is 0.564. The number of hydrogen-bond acceptors (Lipinski definition) is 3. The molecule has 0 amide bonds. The lowest BCUT2D eigenvalue weighted by molar-refractivity contribution is 1.13. The maximum Gasteiger partial charge on any atom is 0.0631 e. The molecule has 0 aromatic heterocycles. The monoisotopic (exact) mass is 341 g/mol. The molecule has 3 heteroatoms. The van der Waals surface area contributed by atoms with E-state index >= 15 is 0 Å². The van der Waals surface area contributed by atoms with Gasteiger partial charge < -0.3 is 10.2 Å². The molecule has 0 fully saturated rings. The number of hydrogen-bond donors (Lipinski definition) is 1. The average Bonchev–Trinajstić information content (AvgIpc) is 2.68. The fourth-order valence-corrected chi connectivity index (χ4v) is 2.49. The number of aliphatic imine (C=N–C) groups is 1. The second-order valence-electron chi connectivity index (χ2n) is 6.16. The molecule has 1 N–H and O–H groups in total. The zero-order valence-corrected chi connectivity index (χ0v) is 15.1. The Morgan fingerprint density at radius 1 is 0.769 bits per heavy atom. The number of nitrogens with zero attached hydrogens (tertiary/aromatic N) is 2. The minimum atomic E-state index is 0.927. The summed E-state index contributed by atoms with van der Waals surface area (Å²) < 4.78 is 0. The van der Waals surface area contributed by atoms with Crippen LogP contribution in [0.15, 0.2) is 89.9 Å². The average molecular weight is 341 g/mol. The van der Waals surface area contributed by atoms with Gasteiger partial charge in [-0.3, -0.25) is 4.99 Å². The van der Waals surface area contributed by atoms with E-state index in [9.17, 15) is 0 Å². The van der Waals surface area contributed by atoms with E-state index in [1.807, 2.05) is 74.9 Å². The smallest absolute Gasteiger partial charge is 0.0631 e. The highest BCUT2D eigenvalue weighted by Gasteiger charge is 1.97. The number of allylic oxidation sites excluding steroid dienone is 1. The van der Waals surface area contributed by atoms with Gasteiger partial charge in [0.2, 0.25) is 0 Å². The molecule has 0 aliphatic heterocycles. The summed E-state index contributed by atoms with van der Waals surface area (Å²) in [6.45, 7) is 0. The second-order valence-corrected chi connectivity index (χ2v) is 6.16. The zero-order chi connectivity index (χ0) is 18.2. The number of rotatable bonds is 6. The van der Waals surface area contributed by atoms with E-state index in [0.717, 1.165) is 17.1 Å². The molecule has 0 radical (unpaired) electrons. The van der Waals surface area contributed by atoms with Crippen molar-refractivity contribution in [2.75, 3.05) is 24.3 Å². The Bertz CT molecular complexity index is 862. The minimum Gasteiger partial charge on any atom is -0.378 e. The Balaban J connectivity index is 1.58. The van der Waals surface area contributed by atoms with Crippen molar-refractivity contribution in [3.05, 3.63) is 90.5 Å². The molecule has 0 aliphatic carbocycles. The van der Waals surface area contributed by atoms with Gasteiger partial charge in [0.05, 0.1) is 5.69 Å². The van der Waals surface area contributed by atoms with E-state index < -0.39 is 0 Å². The molecule has 0 spiro atoms. The Kier molecular flexibility index (Phi) is 5.84. The molecule has 0 saturated carbocycles. The summed E-state index contributed by atoms with van der Waals surface area (Å²) in [6.07, 6.45) is 5.81. The van der Waals surface area contributed by atoms with Crippen molar-refractivity contribution in [2.24, 2.45) is 4.99 Å². The zero-order valence-electron chi connectivity index (χ0n) is 15.1. The largest absolute Gasteiger partial charge is 0.378 e. The molecule has 3 aromatic rings. The highest BCUT2D eigenvalue weighted by Crippen LogP contribution is 2.22. The van der Waals surface area contributed by atoms with Crippen LogP contribution >= 0.6 is 0 Å². The van der Waals surface area contributed by atoms with Gasteiger partial charge in [0.1, 0.15) is 0 Å². The summed E-state index contributed by atoms with van der Waals surface area (Å²) in [5.41, 5.74) is 5.39. The molecule has 0 heterocycles. The van der Waals surface area contributed by atoms with Gasteiger partial charge in [-0.1, -0.05) is 36.4 Å². The van der Waals surface area contributed by atoms with Crippen LogP contribution in [0.25, 0.3) is 6.08 Å². The maximum atomic E-state index is 4.46. The van der Waals surface area contributed by atoms with Crippen LogP contribution in [0.3, 0.4) is 0 Å². The van der Waals surface area contributed by atoms with Crippen LogP contribution in [-0.2, 0) is 0 Å². The van der Waals surface area contributed by atoms with Crippen LogP contribution in [0.1, 0.15) is 5.56 Å². The van der Waals surface area contributed by atoms with Crippen LogP contribution in [0.5, 0.6) is 0 Å². The highest BCUT2D eigenvalue weighted by atomic mass is 15.1. The predicted molar refractivity (Wildman–Crippen MR) is 114 cm³/mol. The Hall–Kier alpha value is -3.33. The third kappa shape index (κ3) is 5.08. The first-order valence-corrected chi connectivity index (χ1v) is 8.61. The van der Waals surface area contributed by atoms with Gasteiger partial charge in [-0.25, -0.2) is 0 Å². The van der Waals surface area contributed by atoms with Crippen molar-refractivity contribution in [3.63, 3.8) is 0 Å². The van der Waals surface area contributed by atoms with Crippen LogP contribution in [-0.4, -0.2) is 20.3 Å². The number of anilines is 3. The van der Waals surface area contributed by atoms with Crippen LogP contribution in [0, 0.1) is 0 Å². The summed E-state index contributed by atoms with van der Waals surface area (Å²) in [5.74, 6) is 0. The van der Waals surface area contributed by atoms with E-state index in [2.05, 4.69) is 51.6 Å². The summed E-state index contributed by atoms with van der Waals surface area (Å²) in [4.78, 5) is 6.54. The van der Waals surface area contributed by atoms with Crippen molar-refractivity contribution < 1.29 is 0 Å².